The molecule has 1 N–H and O–H groups in total. The molecule has 3 aliphatic rings. The summed E-state index contributed by atoms with van der Waals surface area (Å²) in [6.07, 6.45) is 2.20. The molecule has 0 amide bonds. The SMILES string of the molecule is CCCCOCC1OC=CC(OCCCC)C1OC1OC(COCCCC)C2OC(=O)OC2C1O. The summed E-state index contributed by atoms with van der Waals surface area (Å²) in [5, 5.41) is 11.0. The zero-order valence-electron chi connectivity index (χ0n) is 21.2. The molecule has 0 bridgehead atoms. The minimum Gasteiger partial charge on any atom is -0.493 e. The lowest BCUT2D eigenvalue weighted by Crippen LogP contribution is -2.60. The van der Waals surface area contributed by atoms with Crippen LogP contribution in [0.1, 0.15) is 59.3 Å². The van der Waals surface area contributed by atoms with E-state index in [0.717, 1.165) is 38.5 Å². The predicted molar refractivity (Wildman–Crippen MR) is 125 cm³/mol. The van der Waals surface area contributed by atoms with Crippen LogP contribution in [0, 0.1) is 0 Å². The summed E-state index contributed by atoms with van der Waals surface area (Å²) in [6.45, 7) is 8.50. The van der Waals surface area contributed by atoms with E-state index >= 15 is 0 Å². The summed E-state index contributed by atoms with van der Waals surface area (Å²) in [4.78, 5) is 11.8. The third kappa shape index (κ3) is 8.03. The summed E-state index contributed by atoms with van der Waals surface area (Å²) < 4.78 is 46.3. The van der Waals surface area contributed by atoms with Crippen LogP contribution < -0.4 is 0 Å². The fourth-order valence-corrected chi connectivity index (χ4v) is 4.15. The minimum atomic E-state index is -1.25. The zero-order valence-corrected chi connectivity index (χ0v) is 21.2. The van der Waals surface area contributed by atoms with Gasteiger partial charge in [0.1, 0.15) is 24.4 Å². The molecule has 0 aromatic carbocycles. The molecule has 0 saturated carbocycles. The van der Waals surface area contributed by atoms with Gasteiger partial charge in [-0.05, 0) is 25.3 Å². The number of carbonyl (C=O) groups is 1. The molecule has 0 radical (unpaired) electrons. The van der Waals surface area contributed by atoms with Crippen LogP contribution in [0.5, 0.6) is 0 Å². The Kier molecular flexibility index (Phi) is 12.0. The minimum absolute atomic E-state index is 0.186. The molecule has 0 aliphatic carbocycles. The van der Waals surface area contributed by atoms with Crippen molar-refractivity contribution >= 4 is 6.16 Å². The lowest BCUT2D eigenvalue weighted by molar-refractivity contribution is -0.313. The molecular formula is C25H42O10. The van der Waals surface area contributed by atoms with Gasteiger partial charge in [0.2, 0.25) is 0 Å². The van der Waals surface area contributed by atoms with E-state index in [0.29, 0.717) is 26.4 Å². The quantitative estimate of drug-likeness (QED) is 0.250. The number of carbonyl (C=O) groups excluding carboxylic acids is 1. The second kappa shape index (κ2) is 15.0. The van der Waals surface area contributed by atoms with E-state index in [2.05, 4.69) is 20.8 Å². The van der Waals surface area contributed by atoms with E-state index in [1.165, 1.54) is 0 Å². The van der Waals surface area contributed by atoms with Crippen molar-refractivity contribution in [3.8, 4) is 0 Å². The number of ether oxygens (including phenoxy) is 8. The highest BCUT2D eigenvalue weighted by Gasteiger charge is 2.55. The second-order valence-electron chi connectivity index (χ2n) is 9.10. The Hall–Kier alpha value is -1.43. The molecule has 8 unspecified atom stereocenters. The topological polar surface area (TPSA) is 111 Å². The van der Waals surface area contributed by atoms with Gasteiger partial charge in [0.05, 0.1) is 19.5 Å². The first-order valence-electron chi connectivity index (χ1n) is 13.0. The van der Waals surface area contributed by atoms with Crippen molar-refractivity contribution in [3.05, 3.63) is 12.3 Å². The molecule has 3 aliphatic heterocycles. The smallest absolute Gasteiger partial charge is 0.493 e. The molecule has 3 rings (SSSR count). The second-order valence-corrected chi connectivity index (χ2v) is 9.10. The van der Waals surface area contributed by atoms with Crippen LogP contribution in [0.25, 0.3) is 0 Å². The third-order valence-corrected chi connectivity index (χ3v) is 6.24. The van der Waals surface area contributed by atoms with Gasteiger partial charge >= 0.3 is 6.16 Å². The molecule has 35 heavy (non-hydrogen) atoms. The van der Waals surface area contributed by atoms with Gasteiger partial charge in [-0.1, -0.05) is 40.0 Å². The largest absolute Gasteiger partial charge is 0.509 e. The van der Waals surface area contributed by atoms with Crippen LogP contribution >= 0.6 is 0 Å². The van der Waals surface area contributed by atoms with Gasteiger partial charge in [-0.25, -0.2) is 4.79 Å². The summed E-state index contributed by atoms with van der Waals surface area (Å²) in [6, 6.07) is 0. The molecule has 10 nitrogen and oxygen atoms in total. The molecule has 8 atom stereocenters. The molecule has 2 fully saturated rings. The van der Waals surface area contributed by atoms with Gasteiger partial charge in [-0.15, -0.1) is 0 Å². The van der Waals surface area contributed by atoms with Gasteiger partial charge in [0.15, 0.2) is 24.6 Å². The Morgan fingerprint density at radius 3 is 2.20 bits per heavy atom. The van der Waals surface area contributed by atoms with Crippen molar-refractivity contribution < 1.29 is 47.8 Å². The fraction of sp³-hybridized carbons (Fsp3) is 0.880. The lowest BCUT2D eigenvalue weighted by Gasteiger charge is -2.42. The maximum absolute atomic E-state index is 11.8. The fourth-order valence-electron chi connectivity index (χ4n) is 4.15. The van der Waals surface area contributed by atoms with Gasteiger partial charge < -0.3 is 43.0 Å². The average Bonchev–Trinajstić information content (AvgIpc) is 3.25. The van der Waals surface area contributed by atoms with E-state index in [4.69, 9.17) is 37.9 Å². The molecule has 2 saturated heterocycles. The highest BCUT2D eigenvalue weighted by Crippen LogP contribution is 2.33. The number of hydrogen-bond donors (Lipinski definition) is 1. The summed E-state index contributed by atoms with van der Waals surface area (Å²) >= 11 is 0. The summed E-state index contributed by atoms with van der Waals surface area (Å²) in [7, 11) is 0. The van der Waals surface area contributed by atoms with Crippen molar-refractivity contribution in [3.63, 3.8) is 0 Å². The Morgan fingerprint density at radius 1 is 0.886 bits per heavy atom. The number of unbranched alkanes of at least 4 members (excludes halogenated alkanes) is 3. The van der Waals surface area contributed by atoms with Crippen LogP contribution in [-0.4, -0.2) is 93.3 Å². The number of fused-ring (bicyclic) bond motifs is 1. The van der Waals surface area contributed by atoms with Crippen molar-refractivity contribution in [1.29, 1.82) is 0 Å². The van der Waals surface area contributed by atoms with Gasteiger partial charge in [-0.2, -0.15) is 0 Å². The van der Waals surface area contributed by atoms with Crippen LogP contribution in [0.2, 0.25) is 0 Å². The van der Waals surface area contributed by atoms with Crippen molar-refractivity contribution in [2.75, 3.05) is 33.0 Å². The summed E-state index contributed by atoms with van der Waals surface area (Å²) in [5.74, 6) is 0. The number of aliphatic hydroxyl groups excluding tert-OH is 1. The first kappa shape index (κ1) is 28.1. The normalized spacial score (nSPS) is 34.2. The zero-order chi connectivity index (χ0) is 25.0. The number of aliphatic hydroxyl groups is 1. The molecule has 202 valence electrons. The molecule has 0 aromatic heterocycles. The van der Waals surface area contributed by atoms with Crippen LogP contribution in [0.15, 0.2) is 12.3 Å². The van der Waals surface area contributed by atoms with E-state index < -0.39 is 55.2 Å². The number of rotatable bonds is 16. The average molecular weight is 503 g/mol. The maximum Gasteiger partial charge on any atom is 0.509 e. The van der Waals surface area contributed by atoms with E-state index in [-0.39, 0.29) is 6.61 Å². The maximum atomic E-state index is 11.8. The van der Waals surface area contributed by atoms with E-state index in [1.807, 2.05) is 0 Å². The molecule has 3 heterocycles. The highest BCUT2D eigenvalue weighted by molar-refractivity contribution is 5.63. The van der Waals surface area contributed by atoms with Gasteiger partial charge in [0.25, 0.3) is 0 Å². The van der Waals surface area contributed by atoms with Crippen LogP contribution in [-0.2, 0) is 37.9 Å². The monoisotopic (exact) mass is 502 g/mol. The van der Waals surface area contributed by atoms with Crippen molar-refractivity contribution in [2.45, 2.75) is 108 Å². The number of hydrogen-bond acceptors (Lipinski definition) is 10. The standard InChI is InChI=1S/C25H42O10/c1-4-7-11-28-15-18-21(17(10-14-31-18)30-13-9-6-3)33-24-20(26)23-22(34-25(27)35-23)19(32-24)16-29-12-8-5-2/h10,14,17-24,26H,4-9,11-13,15-16H2,1-3H3. The Bertz CT molecular complexity index is 644. The summed E-state index contributed by atoms with van der Waals surface area (Å²) in [5.41, 5.74) is 0. The van der Waals surface area contributed by atoms with E-state index in [9.17, 15) is 9.90 Å². The highest BCUT2D eigenvalue weighted by atomic mass is 16.8. The van der Waals surface area contributed by atoms with Crippen LogP contribution in [0.4, 0.5) is 4.79 Å². The third-order valence-electron chi connectivity index (χ3n) is 6.24. The van der Waals surface area contributed by atoms with Crippen molar-refractivity contribution in [2.24, 2.45) is 0 Å². The molecule has 0 spiro atoms. The lowest BCUT2D eigenvalue weighted by atomic mass is 9.98. The Labute approximate surface area is 208 Å². The van der Waals surface area contributed by atoms with Crippen LogP contribution in [0.3, 0.4) is 0 Å². The van der Waals surface area contributed by atoms with E-state index in [1.54, 1.807) is 12.3 Å². The first-order chi connectivity index (χ1) is 17.1. The first-order valence-corrected chi connectivity index (χ1v) is 13.0. The molecule has 0 aromatic rings. The Balaban J connectivity index is 1.70. The van der Waals surface area contributed by atoms with Gasteiger partial charge in [0, 0.05) is 19.8 Å². The predicted octanol–water partition coefficient (Wildman–Crippen LogP) is 3.09. The molecule has 10 heteroatoms. The Morgan fingerprint density at radius 2 is 1.51 bits per heavy atom. The van der Waals surface area contributed by atoms with Crippen molar-refractivity contribution in [1.82, 2.24) is 0 Å². The molecular weight excluding hydrogens is 460 g/mol. The van der Waals surface area contributed by atoms with Gasteiger partial charge in [-0.3, -0.25) is 0 Å².